The zero-order valence-electron chi connectivity index (χ0n) is 11.7. The lowest BCUT2D eigenvalue weighted by atomic mass is 9.98. The van der Waals surface area contributed by atoms with E-state index in [9.17, 15) is 0 Å². The number of hydrogen-bond donors (Lipinski definition) is 1. The molecule has 0 aliphatic rings. The van der Waals surface area contributed by atoms with Crippen LogP contribution in [0.15, 0.2) is 48.5 Å². The van der Waals surface area contributed by atoms with Crippen molar-refractivity contribution in [3.63, 3.8) is 0 Å². The summed E-state index contributed by atoms with van der Waals surface area (Å²) >= 11 is 6.17. The van der Waals surface area contributed by atoms with Crippen molar-refractivity contribution >= 4 is 11.6 Å². The van der Waals surface area contributed by atoms with Crippen LogP contribution in [0.25, 0.3) is 0 Å². The number of ether oxygens (including phenoxy) is 1. The third-order valence-electron chi connectivity index (χ3n) is 3.40. The van der Waals surface area contributed by atoms with Crippen LogP contribution in [0, 0.1) is 0 Å². The van der Waals surface area contributed by atoms with Gasteiger partial charge in [-0.25, -0.2) is 0 Å². The van der Waals surface area contributed by atoms with E-state index in [0.29, 0.717) is 0 Å². The monoisotopic (exact) mass is 289 g/mol. The molecule has 20 heavy (non-hydrogen) atoms. The predicted octanol–water partition coefficient (Wildman–Crippen LogP) is 3.77. The summed E-state index contributed by atoms with van der Waals surface area (Å²) in [6, 6.07) is 16.2. The summed E-state index contributed by atoms with van der Waals surface area (Å²) < 4.78 is 5.08. The van der Waals surface area contributed by atoms with Gasteiger partial charge in [0.2, 0.25) is 0 Å². The topological polar surface area (TPSA) is 35.2 Å². The first-order valence-electron chi connectivity index (χ1n) is 6.77. The Kier molecular flexibility index (Phi) is 5.60. The minimum Gasteiger partial charge on any atom is -0.384 e. The van der Waals surface area contributed by atoms with Crippen LogP contribution in [-0.2, 0) is 17.6 Å². The van der Waals surface area contributed by atoms with E-state index in [0.717, 1.165) is 35.6 Å². The lowest BCUT2D eigenvalue weighted by molar-refractivity contribution is 0.202. The van der Waals surface area contributed by atoms with Gasteiger partial charge >= 0.3 is 0 Å². The molecule has 0 saturated carbocycles. The SMILES string of the molecule is COCCc1ccc(C(N)Cc2ccccc2Cl)cc1. The van der Waals surface area contributed by atoms with Crippen molar-refractivity contribution in [2.45, 2.75) is 18.9 Å². The highest BCUT2D eigenvalue weighted by molar-refractivity contribution is 6.31. The lowest BCUT2D eigenvalue weighted by Crippen LogP contribution is -2.13. The van der Waals surface area contributed by atoms with Crippen molar-refractivity contribution in [2.75, 3.05) is 13.7 Å². The molecule has 0 fully saturated rings. The normalized spacial score (nSPS) is 12.3. The minimum atomic E-state index is -0.0358. The molecule has 0 radical (unpaired) electrons. The molecule has 0 bridgehead atoms. The third kappa shape index (κ3) is 4.07. The maximum atomic E-state index is 6.26. The summed E-state index contributed by atoms with van der Waals surface area (Å²) in [5.74, 6) is 0. The molecule has 0 saturated heterocycles. The number of rotatable bonds is 6. The highest BCUT2D eigenvalue weighted by Gasteiger charge is 2.09. The molecule has 2 rings (SSSR count). The summed E-state index contributed by atoms with van der Waals surface area (Å²) in [7, 11) is 1.72. The van der Waals surface area contributed by atoms with Crippen molar-refractivity contribution in [3.8, 4) is 0 Å². The van der Waals surface area contributed by atoms with E-state index in [1.54, 1.807) is 7.11 Å². The van der Waals surface area contributed by atoms with E-state index >= 15 is 0 Å². The van der Waals surface area contributed by atoms with E-state index in [2.05, 4.69) is 24.3 Å². The maximum absolute atomic E-state index is 6.26. The first kappa shape index (κ1) is 15.0. The fourth-order valence-corrected chi connectivity index (χ4v) is 2.38. The summed E-state index contributed by atoms with van der Waals surface area (Å²) in [5.41, 5.74) is 9.75. The number of hydrogen-bond acceptors (Lipinski definition) is 2. The fraction of sp³-hybridized carbons (Fsp3) is 0.294. The lowest BCUT2D eigenvalue weighted by Gasteiger charge is -2.14. The van der Waals surface area contributed by atoms with Crippen molar-refractivity contribution < 1.29 is 4.74 Å². The molecule has 3 heteroatoms. The van der Waals surface area contributed by atoms with E-state index < -0.39 is 0 Å². The van der Waals surface area contributed by atoms with Crippen molar-refractivity contribution in [1.82, 2.24) is 0 Å². The molecule has 106 valence electrons. The fourth-order valence-electron chi connectivity index (χ4n) is 2.17. The van der Waals surface area contributed by atoms with Crippen LogP contribution in [0.3, 0.4) is 0 Å². The Morgan fingerprint density at radius 2 is 1.80 bits per heavy atom. The Labute approximate surface area is 125 Å². The van der Waals surface area contributed by atoms with Crippen LogP contribution >= 0.6 is 11.6 Å². The molecule has 1 atom stereocenters. The molecule has 0 aliphatic heterocycles. The van der Waals surface area contributed by atoms with Gasteiger partial charge in [-0.3, -0.25) is 0 Å². The van der Waals surface area contributed by atoms with Gasteiger partial charge < -0.3 is 10.5 Å². The summed E-state index contributed by atoms with van der Waals surface area (Å²) in [4.78, 5) is 0. The molecule has 0 aliphatic carbocycles. The van der Waals surface area contributed by atoms with Crippen LogP contribution in [0.5, 0.6) is 0 Å². The summed E-state index contributed by atoms with van der Waals surface area (Å²) in [6.45, 7) is 0.741. The van der Waals surface area contributed by atoms with Crippen molar-refractivity contribution in [3.05, 3.63) is 70.2 Å². The molecule has 0 aromatic heterocycles. The van der Waals surface area contributed by atoms with Crippen LogP contribution in [0.1, 0.15) is 22.7 Å². The maximum Gasteiger partial charge on any atom is 0.0502 e. The van der Waals surface area contributed by atoms with Crippen LogP contribution < -0.4 is 5.73 Å². The highest BCUT2D eigenvalue weighted by Crippen LogP contribution is 2.22. The largest absolute Gasteiger partial charge is 0.384 e. The Balaban J connectivity index is 2.02. The third-order valence-corrected chi connectivity index (χ3v) is 3.77. The van der Waals surface area contributed by atoms with Gasteiger partial charge in [0.25, 0.3) is 0 Å². The van der Waals surface area contributed by atoms with Gasteiger partial charge in [-0.05, 0) is 35.6 Å². The smallest absolute Gasteiger partial charge is 0.0502 e. The van der Waals surface area contributed by atoms with Crippen molar-refractivity contribution in [1.29, 1.82) is 0 Å². The number of halogens is 1. The molecular formula is C17H20ClNO. The Morgan fingerprint density at radius 1 is 1.10 bits per heavy atom. The molecular weight excluding hydrogens is 270 g/mol. The highest BCUT2D eigenvalue weighted by atomic mass is 35.5. The summed E-state index contributed by atoms with van der Waals surface area (Å²) in [5, 5.41) is 0.777. The Hall–Kier alpha value is -1.35. The first-order valence-corrected chi connectivity index (χ1v) is 7.15. The van der Waals surface area contributed by atoms with E-state index in [1.165, 1.54) is 5.56 Å². The van der Waals surface area contributed by atoms with E-state index in [4.69, 9.17) is 22.1 Å². The molecule has 2 aromatic carbocycles. The Bertz CT molecular complexity index is 539. The second kappa shape index (κ2) is 7.44. The van der Waals surface area contributed by atoms with E-state index in [-0.39, 0.29) is 6.04 Å². The van der Waals surface area contributed by atoms with Gasteiger partial charge in [0.15, 0.2) is 0 Å². The molecule has 2 aromatic rings. The van der Waals surface area contributed by atoms with Gasteiger partial charge in [0, 0.05) is 18.2 Å². The number of benzene rings is 2. The average Bonchev–Trinajstić information content (AvgIpc) is 2.48. The van der Waals surface area contributed by atoms with Crippen LogP contribution in [-0.4, -0.2) is 13.7 Å². The number of methoxy groups -OCH3 is 1. The molecule has 0 spiro atoms. The second-order valence-corrected chi connectivity index (χ2v) is 5.29. The van der Waals surface area contributed by atoms with Gasteiger partial charge in [0.1, 0.15) is 0 Å². The van der Waals surface area contributed by atoms with Gasteiger partial charge in [0.05, 0.1) is 6.61 Å². The quantitative estimate of drug-likeness (QED) is 0.878. The zero-order valence-corrected chi connectivity index (χ0v) is 12.4. The average molecular weight is 290 g/mol. The van der Waals surface area contributed by atoms with Crippen LogP contribution in [0.2, 0.25) is 5.02 Å². The molecule has 2 N–H and O–H groups in total. The van der Waals surface area contributed by atoms with Gasteiger partial charge in [-0.1, -0.05) is 54.1 Å². The standard InChI is InChI=1S/C17H20ClNO/c1-20-11-10-13-6-8-14(9-7-13)17(19)12-15-4-2-3-5-16(15)18/h2-9,17H,10-12,19H2,1H3. The second-order valence-electron chi connectivity index (χ2n) is 4.89. The predicted molar refractivity (Wildman–Crippen MR) is 84.1 cm³/mol. The van der Waals surface area contributed by atoms with E-state index in [1.807, 2.05) is 24.3 Å². The zero-order chi connectivity index (χ0) is 14.4. The molecule has 1 unspecified atom stereocenters. The summed E-state index contributed by atoms with van der Waals surface area (Å²) in [6.07, 6.45) is 1.67. The molecule has 0 heterocycles. The number of nitrogens with two attached hydrogens (primary N) is 1. The minimum absolute atomic E-state index is 0.0358. The van der Waals surface area contributed by atoms with Crippen molar-refractivity contribution in [2.24, 2.45) is 5.73 Å². The van der Waals surface area contributed by atoms with Gasteiger partial charge in [-0.15, -0.1) is 0 Å². The molecule has 0 amide bonds. The Morgan fingerprint density at radius 3 is 2.45 bits per heavy atom. The van der Waals surface area contributed by atoms with Gasteiger partial charge in [-0.2, -0.15) is 0 Å². The molecule has 2 nitrogen and oxygen atoms in total. The van der Waals surface area contributed by atoms with Crippen LogP contribution in [0.4, 0.5) is 0 Å². The first-order chi connectivity index (χ1) is 9.70.